The second-order valence-electron chi connectivity index (χ2n) is 5.04. The molecular weight excluding hydrogens is 282 g/mol. The standard InChI is InChI=1S/C16H21N3OS/c1-4-17-11(2)8-16(20)19-14-7-5-6-13(9-14)15-10-21-12(3)18-15/h5-7,9-11,17H,4,8H2,1-3H3,(H,19,20). The predicted octanol–water partition coefficient (Wildman–Crippen LogP) is 3.45. The van der Waals surface area contributed by atoms with Crippen molar-refractivity contribution in [3.8, 4) is 11.3 Å². The molecule has 0 aliphatic carbocycles. The number of carbonyl (C=O) groups is 1. The van der Waals surface area contributed by atoms with Crippen LogP contribution in [0, 0.1) is 6.92 Å². The summed E-state index contributed by atoms with van der Waals surface area (Å²) in [4.78, 5) is 16.5. The van der Waals surface area contributed by atoms with Crippen LogP contribution >= 0.6 is 11.3 Å². The van der Waals surface area contributed by atoms with Crippen LogP contribution in [0.1, 0.15) is 25.3 Å². The number of hydrogen-bond acceptors (Lipinski definition) is 4. The van der Waals surface area contributed by atoms with Crippen LogP contribution in [0.4, 0.5) is 5.69 Å². The number of anilines is 1. The third kappa shape index (κ3) is 4.65. The average molecular weight is 303 g/mol. The van der Waals surface area contributed by atoms with Gasteiger partial charge in [-0.3, -0.25) is 4.79 Å². The minimum absolute atomic E-state index is 0.0232. The van der Waals surface area contributed by atoms with Crippen molar-refractivity contribution < 1.29 is 4.79 Å². The van der Waals surface area contributed by atoms with Crippen molar-refractivity contribution in [1.82, 2.24) is 10.3 Å². The van der Waals surface area contributed by atoms with E-state index in [1.165, 1.54) is 0 Å². The first kappa shape index (κ1) is 15.7. The lowest BCUT2D eigenvalue weighted by Crippen LogP contribution is -2.30. The summed E-state index contributed by atoms with van der Waals surface area (Å²) in [5, 5.41) is 9.25. The molecule has 112 valence electrons. The minimum Gasteiger partial charge on any atom is -0.326 e. The fourth-order valence-corrected chi connectivity index (χ4v) is 2.79. The van der Waals surface area contributed by atoms with E-state index in [1.54, 1.807) is 11.3 Å². The Morgan fingerprint density at radius 1 is 1.43 bits per heavy atom. The molecular formula is C16H21N3OS. The normalized spacial score (nSPS) is 12.1. The van der Waals surface area contributed by atoms with E-state index in [0.29, 0.717) is 6.42 Å². The van der Waals surface area contributed by atoms with Crippen LogP contribution in [0.2, 0.25) is 0 Å². The van der Waals surface area contributed by atoms with Gasteiger partial charge in [0.05, 0.1) is 10.7 Å². The highest BCUT2D eigenvalue weighted by molar-refractivity contribution is 7.09. The molecule has 5 heteroatoms. The molecule has 2 aromatic rings. The van der Waals surface area contributed by atoms with Crippen molar-refractivity contribution in [2.75, 3.05) is 11.9 Å². The highest BCUT2D eigenvalue weighted by Crippen LogP contribution is 2.24. The van der Waals surface area contributed by atoms with Crippen LogP contribution in [0.3, 0.4) is 0 Å². The largest absolute Gasteiger partial charge is 0.326 e. The second-order valence-corrected chi connectivity index (χ2v) is 6.11. The molecule has 0 radical (unpaired) electrons. The molecule has 1 amide bonds. The predicted molar refractivity (Wildman–Crippen MR) is 88.7 cm³/mol. The van der Waals surface area contributed by atoms with E-state index in [-0.39, 0.29) is 11.9 Å². The highest BCUT2D eigenvalue weighted by Gasteiger charge is 2.09. The molecule has 1 aromatic heterocycles. The van der Waals surface area contributed by atoms with Crippen LogP contribution in [-0.2, 0) is 4.79 Å². The number of aromatic nitrogens is 1. The number of nitrogens with one attached hydrogen (secondary N) is 2. The van der Waals surface area contributed by atoms with Crippen molar-refractivity contribution >= 4 is 22.9 Å². The van der Waals surface area contributed by atoms with Crippen molar-refractivity contribution in [3.63, 3.8) is 0 Å². The van der Waals surface area contributed by atoms with Gasteiger partial charge in [0, 0.05) is 29.1 Å². The minimum atomic E-state index is 0.0232. The molecule has 0 spiro atoms. The Hall–Kier alpha value is -1.72. The van der Waals surface area contributed by atoms with Crippen LogP contribution in [-0.4, -0.2) is 23.5 Å². The van der Waals surface area contributed by atoms with Gasteiger partial charge in [0.2, 0.25) is 5.91 Å². The lowest BCUT2D eigenvalue weighted by atomic mass is 10.1. The summed E-state index contributed by atoms with van der Waals surface area (Å²) in [6, 6.07) is 7.99. The molecule has 0 fully saturated rings. The van der Waals surface area contributed by atoms with Gasteiger partial charge in [0.15, 0.2) is 0 Å². The van der Waals surface area contributed by atoms with Crippen LogP contribution < -0.4 is 10.6 Å². The molecule has 1 atom stereocenters. The van der Waals surface area contributed by atoms with Gasteiger partial charge in [-0.25, -0.2) is 4.98 Å². The topological polar surface area (TPSA) is 54.0 Å². The Balaban J connectivity index is 2.03. The van der Waals surface area contributed by atoms with Gasteiger partial charge in [-0.2, -0.15) is 0 Å². The van der Waals surface area contributed by atoms with E-state index in [9.17, 15) is 4.79 Å². The van der Waals surface area contributed by atoms with Gasteiger partial charge < -0.3 is 10.6 Å². The van der Waals surface area contributed by atoms with Crippen molar-refractivity contribution in [2.45, 2.75) is 33.2 Å². The van der Waals surface area contributed by atoms with Gasteiger partial charge in [0.25, 0.3) is 0 Å². The van der Waals surface area contributed by atoms with E-state index in [4.69, 9.17) is 0 Å². The molecule has 0 aliphatic rings. The Morgan fingerprint density at radius 3 is 2.90 bits per heavy atom. The summed E-state index contributed by atoms with van der Waals surface area (Å²) in [6.07, 6.45) is 0.466. The second kappa shape index (κ2) is 7.33. The number of nitrogens with zero attached hydrogens (tertiary/aromatic N) is 1. The van der Waals surface area contributed by atoms with E-state index >= 15 is 0 Å². The quantitative estimate of drug-likeness (QED) is 0.859. The SMILES string of the molecule is CCNC(C)CC(=O)Nc1cccc(-c2csc(C)n2)c1. The first-order valence-corrected chi connectivity index (χ1v) is 8.02. The lowest BCUT2D eigenvalue weighted by Gasteiger charge is -2.12. The maximum atomic E-state index is 12.0. The van der Waals surface area contributed by atoms with Crippen molar-refractivity contribution in [1.29, 1.82) is 0 Å². The molecule has 0 saturated heterocycles. The monoisotopic (exact) mass is 303 g/mol. The Bertz CT molecular complexity index is 609. The summed E-state index contributed by atoms with van der Waals surface area (Å²) in [6.45, 7) is 6.90. The van der Waals surface area contributed by atoms with Gasteiger partial charge >= 0.3 is 0 Å². The fraction of sp³-hybridized carbons (Fsp3) is 0.375. The Labute approximate surface area is 129 Å². The fourth-order valence-electron chi connectivity index (χ4n) is 2.16. The molecule has 1 heterocycles. The number of hydrogen-bond donors (Lipinski definition) is 2. The summed E-state index contributed by atoms with van der Waals surface area (Å²) < 4.78 is 0. The van der Waals surface area contributed by atoms with Crippen molar-refractivity contribution in [3.05, 3.63) is 34.7 Å². The lowest BCUT2D eigenvalue weighted by molar-refractivity contribution is -0.116. The first-order valence-electron chi connectivity index (χ1n) is 7.14. The van der Waals surface area contributed by atoms with Gasteiger partial charge in [-0.15, -0.1) is 11.3 Å². The summed E-state index contributed by atoms with van der Waals surface area (Å²) in [5.41, 5.74) is 2.79. The number of aryl methyl sites for hydroxylation is 1. The zero-order chi connectivity index (χ0) is 15.2. The summed E-state index contributed by atoms with van der Waals surface area (Å²) in [7, 11) is 0. The first-order chi connectivity index (χ1) is 10.1. The molecule has 0 aliphatic heterocycles. The van der Waals surface area contributed by atoms with Crippen LogP contribution in [0.25, 0.3) is 11.3 Å². The van der Waals surface area contributed by atoms with E-state index in [2.05, 4.69) is 15.6 Å². The smallest absolute Gasteiger partial charge is 0.225 e. The Morgan fingerprint density at radius 2 is 2.24 bits per heavy atom. The molecule has 4 nitrogen and oxygen atoms in total. The third-order valence-electron chi connectivity index (χ3n) is 3.11. The zero-order valence-electron chi connectivity index (χ0n) is 12.6. The van der Waals surface area contributed by atoms with E-state index in [1.807, 2.05) is 50.4 Å². The molecule has 2 N–H and O–H groups in total. The number of rotatable bonds is 6. The summed E-state index contributed by atoms with van der Waals surface area (Å²) >= 11 is 1.63. The number of benzene rings is 1. The van der Waals surface area contributed by atoms with Gasteiger partial charge in [0.1, 0.15) is 0 Å². The van der Waals surface area contributed by atoms with Crippen LogP contribution in [0.5, 0.6) is 0 Å². The van der Waals surface area contributed by atoms with Gasteiger partial charge in [-0.05, 0) is 32.5 Å². The number of carbonyl (C=O) groups excluding carboxylic acids is 1. The molecule has 1 aromatic carbocycles. The Kier molecular flexibility index (Phi) is 5.47. The van der Waals surface area contributed by atoms with E-state index < -0.39 is 0 Å². The number of amides is 1. The highest BCUT2D eigenvalue weighted by atomic mass is 32.1. The summed E-state index contributed by atoms with van der Waals surface area (Å²) in [5.74, 6) is 0.0232. The average Bonchev–Trinajstić information content (AvgIpc) is 2.86. The maximum Gasteiger partial charge on any atom is 0.225 e. The van der Waals surface area contributed by atoms with Crippen molar-refractivity contribution in [2.24, 2.45) is 0 Å². The third-order valence-corrected chi connectivity index (χ3v) is 3.88. The number of thiazole rings is 1. The van der Waals surface area contributed by atoms with Crippen LogP contribution in [0.15, 0.2) is 29.6 Å². The molecule has 0 saturated carbocycles. The molecule has 21 heavy (non-hydrogen) atoms. The molecule has 1 unspecified atom stereocenters. The van der Waals surface area contributed by atoms with Gasteiger partial charge in [-0.1, -0.05) is 19.1 Å². The molecule has 0 bridgehead atoms. The zero-order valence-corrected chi connectivity index (χ0v) is 13.5. The van der Waals surface area contributed by atoms with E-state index in [0.717, 1.165) is 28.5 Å². The molecule has 2 rings (SSSR count). The maximum absolute atomic E-state index is 12.0.